The van der Waals surface area contributed by atoms with Gasteiger partial charge in [0, 0.05) is 0 Å². The number of nitrogens with two attached hydrogens (primary N) is 1. The molecule has 1 aromatic heterocycles. The minimum atomic E-state index is -0.0851. The van der Waals surface area contributed by atoms with Crippen LogP contribution in [0.2, 0.25) is 0 Å². The van der Waals surface area contributed by atoms with Gasteiger partial charge in [0.05, 0.1) is 11.6 Å². The molecular formula is C11H18N4O. The lowest BCUT2D eigenvalue weighted by Crippen LogP contribution is -2.24. The average Bonchev–Trinajstić information content (AvgIpc) is 2.76. The van der Waals surface area contributed by atoms with Crippen LogP contribution in [0, 0.1) is 0 Å². The summed E-state index contributed by atoms with van der Waals surface area (Å²) in [6.45, 7) is 3.00. The molecule has 2 heterocycles. The number of anilines is 1. The number of H-pyrrole nitrogens is 1. The lowest BCUT2D eigenvalue weighted by atomic mass is 10.1. The number of nitrogen functional groups attached to an aromatic ring is 1. The monoisotopic (exact) mass is 222 g/mol. The van der Waals surface area contributed by atoms with Gasteiger partial charge in [-0.1, -0.05) is 13.3 Å². The van der Waals surface area contributed by atoms with Gasteiger partial charge in [0.1, 0.15) is 11.6 Å². The van der Waals surface area contributed by atoms with Crippen LogP contribution < -0.4 is 16.6 Å². The maximum absolute atomic E-state index is 11.8. The van der Waals surface area contributed by atoms with E-state index in [0.29, 0.717) is 23.6 Å². The van der Waals surface area contributed by atoms with Crippen molar-refractivity contribution in [2.45, 2.75) is 38.6 Å². The van der Waals surface area contributed by atoms with Crippen LogP contribution in [-0.2, 0) is 6.42 Å². The first-order valence-corrected chi connectivity index (χ1v) is 5.84. The van der Waals surface area contributed by atoms with Gasteiger partial charge in [0.25, 0.3) is 5.56 Å². The number of nitrogens with zero attached hydrogens (tertiary/aromatic N) is 1. The molecule has 88 valence electrons. The van der Waals surface area contributed by atoms with Crippen molar-refractivity contribution in [2.75, 3.05) is 12.3 Å². The van der Waals surface area contributed by atoms with Crippen molar-refractivity contribution in [3.8, 4) is 0 Å². The van der Waals surface area contributed by atoms with E-state index in [1.54, 1.807) is 0 Å². The maximum Gasteiger partial charge on any atom is 0.256 e. The number of hydrogen-bond acceptors (Lipinski definition) is 4. The van der Waals surface area contributed by atoms with Gasteiger partial charge in [-0.05, 0) is 25.8 Å². The van der Waals surface area contributed by atoms with Crippen molar-refractivity contribution in [3.63, 3.8) is 0 Å². The summed E-state index contributed by atoms with van der Waals surface area (Å²) in [6.07, 6.45) is 3.71. The summed E-state index contributed by atoms with van der Waals surface area (Å²) in [4.78, 5) is 18.9. The van der Waals surface area contributed by atoms with Gasteiger partial charge in [0.2, 0.25) is 0 Å². The number of aromatic amines is 1. The third kappa shape index (κ3) is 2.09. The van der Waals surface area contributed by atoms with E-state index in [4.69, 9.17) is 5.73 Å². The van der Waals surface area contributed by atoms with Crippen molar-refractivity contribution >= 4 is 5.82 Å². The van der Waals surface area contributed by atoms with Gasteiger partial charge in [-0.3, -0.25) is 4.79 Å². The fourth-order valence-corrected chi connectivity index (χ4v) is 2.11. The summed E-state index contributed by atoms with van der Waals surface area (Å²) < 4.78 is 0. The van der Waals surface area contributed by atoms with Crippen molar-refractivity contribution < 1.29 is 0 Å². The van der Waals surface area contributed by atoms with E-state index in [1.165, 1.54) is 0 Å². The summed E-state index contributed by atoms with van der Waals surface area (Å²) in [7, 11) is 0. The Hall–Kier alpha value is -1.36. The smallest absolute Gasteiger partial charge is 0.256 e. The molecule has 5 heteroatoms. The summed E-state index contributed by atoms with van der Waals surface area (Å²) in [5.74, 6) is 1.06. The Labute approximate surface area is 94.5 Å². The van der Waals surface area contributed by atoms with Crippen LogP contribution >= 0.6 is 0 Å². The first kappa shape index (κ1) is 11.1. The van der Waals surface area contributed by atoms with E-state index in [0.717, 1.165) is 25.8 Å². The Kier molecular flexibility index (Phi) is 3.24. The maximum atomic E-state index is 11.8. The molecular weight excluding hydrogens is 204 g/mol. The van der Waals surface area contributed by atoms with Crippen molar-refractivity contribution in [1.29, 1.82) is 0 Å². The Morgan fingerprint density at radius 2 is 2.38 bits per heavy atom. The number of nitrogens with one attached hydrogen (secondary N) is 2. The normalized spacial score (nSPS) is 20.2. The van der Waals surface area contributed by atoms with Crippen LogP contribution in [0.1, 0.15) is 43.6 Å². The Bertz CT molecular complexity index is 420. The Morgan fingerprint density at radius 1 is 1.56 bits per heavy atom. The molecule has 1 fully saturated rings. The van der Waals surface area contributed by atoms with Crippen LogP contribution in [0.3, 0.4) is 0 Å². The van der Waals surface area contributed by atoms with Gasteiger partial charge < -0.3 is 16.0 Å². The Balaban J connectivity index is 2.32. The number of hydrogen-bond donors (Lipinski definition) is 3. The first-order chi connectivity index (χ1) is 7.72. The van der Waals surface area contributed by atoms with Crippen LogP contribution in [0.25, 0.3) is 0 Å². The summed E-state index contributed by atoms with van der Waals surface area (Å²) in [5, 5.41) is 3.29. The minimum absolute atomic E-state index is 0.0851. The van der Waals surface area contributed by atoms with E-state index in [1.807, 2.05) is 6.92 Å². The third-order valence-electron chi connectivity index (χ3n) is 2.96. The molecule has 0 bridgehead atoms. The second kappa shape index (κ2) is 4.65. The van der Waals surface area contributed by atoms with Crippen LogP contribution in [0.4, 0.5) is 5.82 Å². The van der Waals surface area contributed by atoms with Crippen molar-refractivity contribution in [2.24, 2.45) is 0 Å². The second-order valence-corrected chi connectivity index (χ2v) is 4.21. The van der Waals surface area contributed by atoms with Gasteiger partial charge in [0.15, 0.2) is 0 Å². The highest BCUT2D eigenvalue weighted by Crippen LogP contribution is 2.20. The molecule has 1 aromatic rings. The zero-order chi connectivity index (χ0) is 11.5. The standard InChI is InChI=1S/C11H18N4O/c1-2-4-7-9(12)14-10(15-11(7)16)8-5-3-6-13-8/h8,13H,2-6H2,1H3,(H3,12,14,15,16). The molecule has 2 rings (SSSR count). The van der Waals surface area contributed by atoms with Gasteiger partial charge in [-0.25, -0.2) is 4.98 Å². The molecule has 1 aliphatic heterocycles. The van der Waals surface area contributed by atoms with Crippen LogP contribution in [0.15, 0.2) is 4.79 Å². The molecule has 16 heavy (non-hydrogen) atoms. The highest BCUT2D eigenvalue weighted by atomic mass is 16.1. The molecule has 5 nitrogen and oxygen atoms in total. The SMILES string of the molecule is CCCc1c(N)nc(C2CCCN2)[nH]c1=O. The van der Waals surface area contributed by atoms with E-state index in [-0.39, 0.29) is 11.6 Å². The second-order valence-electron chi connectivity index (χ2n) is 4.21. The van der Waals surface area contributed by atoms with E-state index in [9.17, 15) is 4.79 Å². The zero-order valence-corrected chi connectivity index (χ0v) is 9.55. The van der Waals surface area contributed by atoms with Crippen molar-refractivity contribution in [3.05, 3.63) is 21.7 Å². The molecule has 1 atom stereocenters. The van der Waals surface area contributed by atoms with Gasteiger partial charge >= 0.3 is 0 Å². The highest BCUT2D eigenvalue weighted by molar-refractivity contribution is 5.38. The predicted molar refractivity (Wildman–Crippen MR) is 63.2 cm³/mol. The topological polar surface area (TPSA) is 83.8 Å². The molecule has 1 saturated heterocycles. The fraction of sp³-hybridized carbons (Fsp3) is 0.636. The average molecular weight is 222 g/mol. The van der Waals surface area contributed by atoms with Gasteiger partial charge in [-0.2, -0.15) is 0 Å². The van der Waals surface area contributed by atoms with Crippen LogP contribution in [0.5, 0.6) is 0 Å². The molecule has 4 N–H and O–H groups in total. The highest BCUT2D eigenvalue weighted by Gasteiger charge is 2.20. The first-order valence-electron chi connectivity index (χ1n) is 5.84. The molecule has 0 radical (unpaired) electrons. The lowest BCUT2D eigenvalue weighted by molar-refractivity contribution is 0.601. The molecule has 0 saturated carbocycles. The molecule has 0 aliphatic carbocycles. The molecule has 1 unspecified atom stereocenters. The Morgan fingerprint density at radius 3 is 2.94 bits per heavy atom. The zero-order valence-electron chi connectivity index (χ0n) is 9.55. The fourth-order valence-electron chi connectivity index (χ4n) is 2.11. The summed E-state index contributed by atoms with van der Waals surface area (Å²) in [5.41, 5.74) is 6.35. The van der Waals surface area contributed by atoms with E-state index in [2.05, 4.69) is 15.3 Å². The quantitative estimate of drug-likeness (QED) is 0.704. The minimum Gasteiger partial charge on any atom is -0.383 e. The molecule has 0 amide bonds. The van der Waals surface area contributed by atoms with Crippen LogP contribution in [-0.4, -0.2) is 16.5 Å². The number of rotatable bonds is 3. The third-order valence-corrected chi connectivity index (χ3v) is 2.96. The molecule has 1 aliphatic rings. The van der Waals surface area contributed by atoms with E-state index >= 15 is 0 Å². The largest absolute Gasteiger partial charge is 0.383 e. The van der Waals surface area contributed by atoms with E-state index < -0.39 is 0 Å². The van der Waals surface area contributed by atoms with Gasteiger partial charge in [-0.15, -0.1) is 0 Å². The number of aromatic nitrogens is 2. The lowest BCUT2D eigenvalue weighted by Gasteiger charge is -2.11. The molecule has 0 aromatic carbocycles. The summed E-state index contributed by atoms with van der Waals surface area (Å²) in [6, 6.07) is 0.158. The molecule has 0 spiro atoms. The van der Waals surface area contributed by atoms with Crippen molar-refractivity contribution in [1.82, 2.24) is 15.3 Å². The summed E-state index contributed by atoms with van der Waals surface area (Å²) >= 11 is 0. The predicted octanol–water partition coefficient (Wildman–Crippen LogP) is 0.729.